The summed E-state index contributed by atoms with van der Waals surface area (Å²) >= 11 is 0. The smallest absolute Gasteiger partial charge is 0.846 e. The molecule has 0 saturated heterocycles. The largest absolute Gasteiger partial charge is 2.00 e. The first-order chi connectivity index (χ1) is 41.3. The minimum absolute atomic E-state index is 0. The first kappa shape index (κ1) is 76.8. The summed E-state index contributed by atoms with van der Waals surface area (Å²) in [5.74, 6) is -3.70. The molecule has 0 aliphatic carbocycles. The second-order valence-electron chi connectivity index (χ2n) is 18.2. The van der Waals surface area contributed by atoms with Crippen molar-refractivity contribution in [1.82, 2.24) is 19.6 Å². The number of nitrogens with zero attached hydrogens (tertiary/aromatic N) is 10. The van der Waals surface area contributed by atoms with Gasteiger partial charge in [-0.25, -0.2) is 19.2 Å². The molecular formula is C60H66N10O16Rh2. The predicted molar refractivity (Wildman–Crippen MR) is 301 cm³/mol. The number of amidine groups is 4. The molecule has 26 nitrogen and oxygen atoms in total. The standard InChI is InChI=1S/4C14H16N2O4.2C2H3N.2Rh/c4*1-20-13(18)11-9-16(14(19)15-11)12(17)8-7-10-5-3-2-4-6-10;2*1-2-3;;/h4*2-6,11H,7-9H2,1H3,(H,15,19);2*1H3;;/q;;;;;;2*+2/p-4/t4*11-;;;;/m0000..../s1. The summed E-state index contributed by atoms with van der Waals surface area (Å²) in [5, 5.41) is 61.0. The van der Waals surface area contributed by atoms with Crippen LogP contribution in [0.25, 0.3) is 0 Å². The number of methoxy groups -OCH3 is 4. The molecule has 8 rings (SSSR count). The summed E-state index contributed by atoms with van der Waals surface area (Å²) in [6, 6.07) is 35.3. The molecule has 4 amide bonds. The predicted octanol–water partition coefficient (Wildman–Crippen LogP) is -0.0680. The van der Waals surface area contributed by atoms with Crippen LogP contribution in [0, 0.1) is 22.7 Å². The van der Waals surface area contributed by atoms with Gasteiger partial charge in [-0.1, -0.05) is 121 Å². The topological polar surface area (TPSA) is 376 Å². The van der Waals surface area contributed by atoms with Gasteiger partial charge in [0.25, 0.3) is 0 Å². The van der Waals surface area contributed by atoms with E-state index in [0.717, 1.165) is 41.9 Å². The van der Waals surface area contributed by atoms with Gasteiger partial charge in [-0.15, -0.1) is 0 Å². The van der Waals surface area contributed by atoms with Crippen molar-refractivity contribution in [3.8, 4) is 12.1 Å². The Labute approximate surface area is 535 Å². The number of aryl methyl sites for hydroxylation is 4. The van der Waals surface area contributed by atoms with Crippen molar-refractivity contribution in [3.05, 3.63) is 144 Å². The Bertz CT molecular complexity index is 2710. The third-order valence-corrected chi connectivity index (χ3v) is 12.4. The summed E-state index contributed by atoms with van der Waals surface area (Å²) in [5.41, 5.74) is 4.09. The Balaban J connectivity index is 0.000000564. The minimum atomic E-state index is -0.895. The molecule has 88 heavy (non-hydrogen) atoms. The fraction of sp³-hybridized carbons (Fsp3) is 0.367. The Morgan fingerprint density at radius 2 is 0.545 bits per heavy atom. The molecule has 4 aliphatic rings. The van der Waals surface area contributed by atoms with Gasteiger partial charge < -0.3 is 59.0 Å². The van der Waals surface area contributed by atoms with Crippen LogP contribution in [0.1, 0.15) is 61.8 Å². The first-order valence-electron chi connectivity index (χ1n) is 26.6. The van der Waals surface area contributed by atoms with Crippen LogP contribution in [0.4, 0.5) is 0 Å². The van der Waals surface area contributed by atoms with E-state index in [-0.39, 0.29) is 114 Å². The quantitative estimate of drug-likeness (QED) is 0.0805. The van der Waals surface area contributed by atoms with Crippen LogP contribution >= 0.6 is 0 Å². The molecule has 4 aromatic rings. The van der Waals surface area contributed by atoms with E-state index in [1.807, 2.05) is 121 Å². The van der Waals surface area contributed by atoms with E-state index >= 15 is 0 Å². The van der Waals surface area contributed by atoms with Crippen molar-refractivity contribution in [2.45, 2.75) is 89.4 Å². The molecule has 4 heterocycles. The zero-order chi connectivity index (χ0) is 63.6. The van der Waals surface area contributed by atoms with Crippen LogP contribution in [0.2, 0.25) is 0 Å². The van der Waals surface area contributed by atoms with E-state index in [4.69, 9.17) is 10.5 Å². The third kappa shape index (κ3) is 25.8. The van der Waals surface area contributed by atoms with Crippen LogP contribution in [-0.4, -0.2) is 170 Å². The van der Waals surface area contributed by atoms with Gasteiger partial charge in [0.2, 0.25) is 23.6 Å². The molecule has 4 atom stereocenters. The zero-order valence-corrected chi connectivity index (χ0v) is 52.3. The minimum Gasteiger partial charge on any atom is -0.846 e. The van der Waals surface area contributed by atoms with Gasteiger partial charge in [-0.2, -0.15) is 10.5 Å². The summed E-state index contributed by atoms with van der Waals surface area (Å²) in [4.78, 5) is 112. The van der Waals surface area contributed by atoms with E-state index in [1.165, 1.54) is 42.3 Å². The Morgan fingerprint density at radius 3 is 0.693 bits per heavy atom. The van der Waals surface area contributed by atoms with Gasteiger partial charge in [0.05, 0.1) is 90.8 Å². The molecule has 0 unspecified atom stereocenters. The normalized spacial score (nSPS) is 16.3. The van der Waals surface area contributed by atoms with E-state index in [0.29, 0.717) is 25.7 Å². The molecule has 470 valence electrons. The van der Waals surface area contributed by atoms with E-state index in [1.54, 1.807) is 12.1 Å². The second kappa shape index (κ2) is 41.7. The average Bonchev–Trinajstić information content (AvgIpc) is 4.15. The summed E-state index contributed by atoms with van der Waals surface area (Å²) in [6.07, 6.45) is 3.02. The zero-order valence-electron chi connectivity index (χ0n) is 49.0. The number of amides is 4. The number of nitriles is 2. The van der Waals surface area contributed by atoms with Crippen molar-refractivity contribution >= 4 is 71.6 Å². The molecule has 0 saturated carbocycles. The Kier molecular flexibility index (Phi) is 36.4. The molecular weight excluding hydrogens is 1320 g/mol. The van der Waals surface area contributed by atoms with E-state index in [2.05, 4.69) is 38.9 Å². The van der Waals surface area contributed by atoms with Gasteiger partial charge in [-0.05, 0) is 47.9 Å². The Hall–Kier alpha value is -9.25. The number of hydrogen-bond donors (Lipinski definition) is 0. The first-order valence-corrected chi connectivity index (χ1v) is 26.6. The number of carbonyl (C=O) groups excluding carboxylic acids is 8. The number of hydrogen-bond acceptors (Lipinski definition) is 22. The summed E-state index contributed by atoms with van der Waals surface area (Å²) < 4.78 is 18.1. The Morgan fingerprint density at radius 1 is 0.386 bits per heavy atom. The number of esters is 4. The molecule has 28 heteroatoms. The fourth-order valence-electron chi connectivity index (χ4n) is 7.99. The monoisotopic (exact) mass is 1390 g/mol. The number of carbonyl (C=O) groups is 8. The molecule has 0 spiro atoms. The SMILES string of the molecule is CC#N.CC#N.COC(=O)[C@@H]1CN(C(=O)CCc2ccccc2)C([O-])=N1.COC(=O)[C@@H]1CN(C(=O)CCc2ccccc2)C([O-])=N1.COC(=O)[C@@H]1CN(C(=O)CCc2ccccc2)C([O-])=N1.COC(=O)[C@@H]1CN(C(=O)CCc2ccccc2)C([O-])=N1.[Rh+2].[Rh+2]. The van der Waals surface area contributed by atoms with Crippen LogP contribution in [-0.2, 0) is 122 Å². The van der Waals surface area contributed by atoms with E-state index < -0.39 is 72.1 Å². The third-order valence-electron chi connectivity index (χ3n) is 12.4. The number of ether oxygens (including phenoxy) is 4. The molecule has 0 aromatic heterocycles. The molecule has 0 fully saturated rings. The van der Waals surface area contributed by atoms with Crippen molar-refractivity contribution in [1.29, 1.82) is 10.5 Å². The maximum atomic E-state index is 12.0. The second-order valence-corrected chi connectivity index (χ2v) is 18.2. The van der Waals surface area contributed by atoms with Gasteiger partial charge in [0.15, 0.2) is 24.2 Å². The van der Waals surface area contributed by atoms with Gasteiger partial charge in [-0.3, -0.25) is 39.1 Å². The van der Waals surface area contributed by atoms with Crippen molar-refractivity contribution in [2.24, 2.45) is 20.0 Å². The van der Waals surface area contributed by atoms with E-state index in [9.17, 15) is 58.8 Å². The molecule has 0 bridgehead atoms. The van der Waals surface area contributed by atoms with Crippen molar-refractivity contribution in [2.75, 3.05) is 54.6 Å². The van der Waals surface area contributed by atoms with Crippen LogP contribution in [0.5, 0.6) is 0 Å². The van der Waals surface area contributed by atoms with Crippen molar-refractivity contribution in [3.63, 3.8) is 0 Å². The number of benzene rings is 4. The van der Waals surface area contributed by atoms with Crippen LogP contribution < -0.4 is 20.4 Å². The maximum Gasteiger partial charge on any atom is 2.00 e. The van der Waals surface area contributed by atoms with Crippen LogP contribution in [0.3, 0.4) is 0 Å². The summed E-state index contributed by atoms with van der Waals surface area (Å²) in [6.45, 7) is 2.75. The van der Waals surface area contributed by atoms with Crippen LogP contribution in [0.15, 0.2) is 141 Å². The van der Waals surface area contributed by atoms with Gasteiger partial charge in [0.1, 0.15) is 0 Å². The molecule has 2 radical (unpaired) electrons. The summed E-state index contributed by atoms with van der Waals surface area (Å²) in [7, 11) is 4.90. The molecule has 4 aromatic carbocycles. The number of aliphatic imine (C=N–C) groups is 4. The fourth-order valence-corrected chi connectivity index (χ4v) is 7.99. The average molecular weight is 1390 g/mol. The molecule has 0 N–H and O–H groups in total. The van der Waals surface area contributed by atoms with Crippen molar-refractivity contribution < 1.29 is 117 Å². The van der Waals surface area contributed by atoms with Gasteiger partial charge >= 0.3 is 62.8 Å². The maximum absolute atomic E-state index is 12.0. The van der Waals surface area contributed by atoms with Gasteiger partial charge in [0, 0.05) is 39.5 Å². The molecule has 4 aliphatic heterocycles. The number of rotatable bonds is 16.